The average molecular weight is 1090 g/mol. The Balaban J connectivity index is 4.47. The Bertz CT molecular complexity index is 1680. The van der Waals surface area contributed by atoms with Crippen molar-refractivity contribution in [2.24, 2.45) is 0 Å². The van der Waals surface area contributed by atoms with Gasteiger partial charge < -0.3 is 14.2 Å². The summed E-state index contributed by atoms with van der Waals surface area (Å²) in [7, 11) is 0. The maximum atomic E-state index is 12.9. The molecule has 6 heteroatoms. The van der Waals surface area contributed by atoms with E-state index in [1.54, 1.807) is 0 Å². The van der Waals surface area contributed by atoms with Crippen molar-refractivity contribution < 1.29 is 28.6 Å². The van der Waals surface area contributed by atoms with Gasteiger partial charge in [0.15, 0.2) is 6.10 Å². The Labute approximate surface area is 487 Å². The van der Waals surface area contributed by atoms with Crippen molar-refractivity contribution in [3.63, 3.8) is 0 Å². The van der Waals surface area contributed by atoms with Gasteiger partial charge in [0.1, 0.15) is 13.2 Å². The van der Waals surface area contributed by atoms with E-state index in [1.807, 2.05) is 0 Å². The van der Waals surface area contributed by atoms with E-state index in [9.17, 15) is 14.4 Å². The standard InChI is InChI=1S/C73H120O6/c1-4-7-10-13-16-19-22-25-28-31-33-34-35-36-37-38-40-42-45-48-51-54-57-60-63-66-72(75)78-69-70(68-77-71(74)65-62-59-56-53-50-47-44-41-30-27-24-21-18-15-12-9-6-3)79-73(76)67-64-61-58-55-52-49-46-43-39-32-29-26-23-20-17-14-11-8-5-2/h7-8,10-11,16-17,19-20,25-26,28-29,33-34,36-37,39-40,42-43,49,52,70H,4-6,9,12-15,18,21-24,27,30-32,35,38,41,44-48,50-51,53-69H2,1-3H3/b10-7-,11-8-,19-16-,20-17-,28-25-,29-26-,34-33-,37-36-,42-40-,43-39-,52-49-. The number of carbonyl (C=O) groups is 3. The third-order valence-electron chi connectivity index (χ3n) is 13.7. The highest BCUT2D eigenvalue weighted by molar-refractivity contribution is 5.71. The van der Waals surface area contributed by atoms with Crippen molar-refractivity contribution in [3.05, 3.63) is 134 Å². The van der Waals surface area contributed by atoms with Crippen LogP contribution in [0.15, 0.2) is 134 Å². The molecule has 1 unspecified atom stereocenters. The number of ether oxygens (including phenoxy) is 3. The molecule has 448 valence electrons. The van der Waals surface area contributed by atoms with Crippen molar-refractivity contribution >= 4 is 17.9 Å². The molecule has 79 heavy (non-hydrogen) atoms. The third-order valence-corrected chi connectivity index (χ3v) is 13.7. The molecule has 0 N–H and O–H groups in total. The predicted octanol–water partition coefficient (Wildman–Crippen LogP) is 22.5. The lowest BCUT2D eigenvalue weighted by atomic mass is 10.0. The number of allylic oxidation sites excluding steroid dienone is 22. The van der Waals surface area contributed by atoms with Crippen molar-refractivity contribution in [2.45, 2.75) is 297 Å². The maximum absolute atomic E-state index is 12.9. The highest BCUT2D eigenvalue weighted by Gasteiger charge is 2.19. The third kappa shape index (κ3) is 64.3. The fourth-order valence-electron chi connectivity index (χ4n) is 8.83. The Kier molecular flexibility index (Phi) is 62.3. The van der Waals surface area contributed by atoms with Gasteiger partial charge >= 0.3 is 17.9 Å². The molecule has 0 spiro atoms. The number of rotatable bonds is 58. The van der Waals surface area contributed by atoms with E-state index in [0.29, 0.717) is 12.8 Å². The van der Waals surface area contributed by atoms with Gasteiger partial charge in [0.25, 0.3) is 0 Å². The van der Waals surface area contributed by atoms with Crippen LogP contribution in [0.25, 0.3) is 0 Å². The molecular weight excluding hydrogens is 973 g/mol. The van der Waals surface area contributed by atoms with Crippen LogP contribution in [-0.4, -0.2) is 37.2 Å². The van der Waals surface area contributed by atoms with E-state index in [4.69, 9.17) is 14.2 Å². The second kappa shape index (κ2) is 66.1. The molecule has 0 aliphatic carbocycles. The molecule has 0 saturated heterocycles. The molecule has 0 aromatic rings. The van der Waals surface area contributed by atoms with Gasteiger partial charge in [0.05, 0.1) is 0 Å². The van der Waals surface area contributed by atoms with E-state index >= 15 is 0 Å². The molecule has 0 aliphatic rings. The lowest BCUT2D eigenvalue weighted by molar-refractivity contribution is -0.167. The largest absolute Gasteiger partial charge is 0.462 e. The Hall–Kier alpha value is -4.45. The molecular formula is C73H120O6. The number of esters is 3. The topological polar surface area (TPSA) is 78.9 Å². The minimum absolute atomic E-state index is 0.0978. The van der Waals surface area contributed by atoms with Gasteiger partial charge in [-0.3, -0.25) is 14.4 Å². The molecule has 6 nitrogen and oxygen atoms in total. The smallest absolute Gasteiger partial charge is 0.306 e. The van der Waals surface area contributed by atoms with E-state index in [2.05, 4.69) is 154 Å². The highest BCUT2D eigenvalue weighted by atomic mass is 16.6. The molecule has 0 radical (unpaired) electrons. The van der Waals surface area contributed by atoms with Gasteiger partial charge in [-0.1, -0.05) is 289 Å². The summed E-state index contributed by atoms with van der Waals surface area (Å²) < 4.78 is 16.9. The highest BCUT2D eigenvalue weighted by Crippen LogP contribution is 2.16. The van der Waals surface area contributed by atoms with Crippen LogP contribution in [0, 0.1) is 0 Å². The van der Waals surface area contributed by atoms with Gasteiger partial charge in [-0.2, -0.15) is 0 Å². The first-order chi connectivity index (χ1) is 39.0. The van der Waals surface area contributed by atoms with E-state index in [-0.39, 0.29) is 37.5 Å². The van der Waals surface area contributed by atoms with Gasteiger partial charge in [-0.15, -0.1) is 0 Å². The van der Waals surface area contributed by atoms with Gasteiger partial charge in [0, 0.05) is 19.3 Å². The van der Waals surface area contributed by atoms with Crippen LogP contribution in [0.1, 0.15) is 290 Å². The molecule has 0 bridgehead atoms. The summed E-state index contributed by atoms with van der Waals surface area (Å²) in [6, 6.07) is 0. The molecule has 1 atom stereocenters. The monoisotopic (exact) mass is 1090 g/mol. The zero-order chi connectivity index (χ0) is 57.1. The molecule has 0 aromatic carbocycles. The summed E-state index contributed by atoms with van der Waals surface area (Å²) in [6.45, 7) is 6.39. The SMILES string of the molecule is CC/C=C\C/C=C\C/C=C\C/C=C\C/C=C\C/C=C\CCCCCCCCC(=O)OCC(COC(=O)CCCCCCCCCCCCCCCCCCC)OC(=O)CCCCC/C=C\C/C=C\C/C=C\C/C=C\C/C=C\CC. The fourth-order valence-corrected chi connectivity index (χ4v) is 8.83. The second-order valence-electron chi connectivity index (χ2n) is 21.3. The Morgan fingerprint density at radius 1 is 0.266 bits per heavy atom. The lowest BCUT2D eigenvalue weighted by Crippen LogP contribution is -2.30. The quantitative estimate of drug-likeness (QED) is 0.0261. The maximum Gasteiger partial charge on any atom is 0.306 e. The van der Waals surface area contributed by atoms with Crippen molar-refractivity contribution in [3.8, 4) is 0 Å². The molecule has 0 amide bonds. The second-order valence-corrected chi connectivity index (χ2v) is 21.3. The summed E-state index contributed by atoms with van der Waals surface area (Å²) in [4.78, 5) is 38.4. The summed E-state index contributed by atoms with van der Waals surface area (Å²) >= 11 is 0. The summed E-state index contributed by atoms with van der Waals surface area (Å²) in [6.07, 6.45) is 93.1. The molecule has 0 fully saturated rings. The predicted molar refractivity (Wildman–Crippen MR) is 343 cm³/mol. The fraction of sp³-hybridized carbons (Fsp3) is 0.658. The van der Waals surface area contributed by atoms with Crippen LogP contribution in [0.4, 0.5) is 0 Å². The molecule has 0 heterocycles. The summed E-state index contributed by atoms with van der Waals surface area (Å²) in [5, 5.41) is 0. The number of hydrogen-bond acceptors (Lipinski definition) is 6. The normalized spacial score (nSPS) is 13.0. The van der Waals surface area contributed by atoms with Crippen LogP contribution < -0.4 is 0 Å². The molecule has 0 aromatic heterocycles. The Morgan fingerprint density at radius 3 is 0.785 bits per heavy atom. The minimum Gasteiger partial charge on any atom is -0.462 e. The average Bonchev–Trinajstić information content (AvgIpc) is 3.45. The Morgan fingerprint density at radius 2 is 0.494 bits per heavy atom. The first-order valence-electron chi connectivity index (χ1n) is 32.7. The minimum atomic E-state index is -0.807. The zero-order valence-electron chi connectivity index (χ0n) is 51.3. The van der Waals surface area contributed by atoms with Gasteiger partial charge in [0.2, 0.25) is 0 Å². The first kappa shape index (κ1) is 74.5. The van der Waals surface area contributed by atoms with Crippen LogP contribution in [0.5, 0.6) is 0 Å². The van der Waals surface area contributed by atoms with Crippen LogP contribution in [0.2, 0.25) is 0 Å². The number of unbranched alkanes of at least 4 members (excludes halogenated alkanes) is 25. The first-order valence-corrected chi connectivity index (χ1v) is 32.7. The van der Waals surface area contributed by atoms with Crippen molar-refractivity contribution in [2.75, 3.05) is 13.2 Å². The number of carbonyl (C=O) groups excluding carboxylic acids is 3. The lowest BCUT2D eigenvalue weighted by Gasteiger charge is -2.18. The molecule has 0 rings (SSSR count). The van der Waals surface area contributed by atoms with Gasteiger partial charge in [-0.25, -0.2) is 0 Å². The van der Waals surface area contributed by atoms with Gasteiger partial charge in [-0.05, 0) is 116 Å². The zero-order valence-corrected chi connectivity index (χ0v) is 51.3. The molecule has 0 aliphatic heterocycles. The van der Waals surface area contributed by atoms with Crippen molar-refractivity contribution in [1.82, 2.24) is 0 Å². The van der Waals surface area contributed by atoms with E-state index in [1.165, 1.54) is 103 Å². The van der Waals surface area contributed by atoms with Crippen LogP contribution in [-0.2, 0) is 28.6 Å². The summed E-state index contributed by atoms with van der Waals surface area (Å²) in [5.41, 5.74) is 0. The van der Waals surface area contributed by atoms with Crippen LogP contribution in [0.3, 0.4) is 0 Å². The van der Waals surface area contributed by atoms with E-state index < -0.39 is 6.10 Å². The number of hydrogen-bond donors (Lipinski definition) is 0. The van der Waals surface area contributed by atoms with Crippen LogP contribution >= 0.6 is 0 Å². The summed E-state index contributed by atoms with van der Waals surface area (Å²) in [5.74, 6) is -0.940. The molecule has 0 saturated carbocycles. The van der Waals surface area contributed by atoms with E-state index in [0.717, 1.165) is 148 Å². The van der Waals surface area contributed by atoms with Crippen molar-refractivity contribution in [1.29, 1.82) is 0 Å².